The van der Waals surface area contributed by atoms with E-state index in [1.165, 1.54) is 0 Å². The third-order valence-corrected chi connectivity index (χ3v) is 2.61. The second kappa shape index (κ2) is 6.34. The van der Waals surface area contributed by atoms with Gasteiger partial charge >= 0.3 is 0 Å². The molecule has 0 aliphatic heterocycles. The highest BCUT2D eigenvalue weighted by Gasteiger charge is 2.19. The smallest absolute Gasteiger partial charge is 0.224 e. The molecule has 1 unspecified atom stereocenters. The molecule has 0 aromatic carbocycles. The van der Waals surface area contributed by atoms with Crippen molar-refractivity contribution in [3.63, 3.8) is 0 Å². The molecule has 96 valence electrons. The Bertz CT molecular complexity index is 362. The molecule has 0 radical (unpaired) electrons. The molecule has 1 aromatic rings. The first-order valence-electron chi connectivity index (χ1n) is 5.81. The van der Waals surface area contributed by atoms with Gasteiger partial charge in [-0.1, -0.05) is 19.0 Å². The monoisotopic (exact) mass is 240 g/mol. The molecule has 1 heterocycles. The van der Waals surface area contributed by atoms with Gasteiger partial charge in [0.2, 0.25) is 11.8 Å². The first-order valence-corrected chi connectivity index (χ1v) is 5.81. The number of rotatable bonds is 6. The minimum atomic E-state index is -0.137. The number of nitrogens with two attached hydrogens (primary N) is 1. The molecule has 1 rings (SSSR count). The van der Waals surface area contributed by atoms with Crippen LogP contribution >= 0.6 is 0 Å². The number of amides is 1. The lowest BCUT2D eigenvalue weighted by Crippen LogP contribution is -2.38. The maximum absolute atomic E-state index is 11.8. The van der Waals surface area contributed by atoms with Gasteiger partial charge in [-0.2, -0.15) is 4.98 Å². The van der Waals surface area contributed by atoms with Gasteiger partial charge < -0.3 is 15.6 Å². The topological polar surface area (TPSA) is 94.0 Å². The predicted molar refractivity (Wildman–Crippen MR) is 63.1 cm³/mol. The summed E-state index contributed by atoms with van der Waals surface area (Å²) in [6.45, 7) is 6.57. The Morgan fingerprint density at radius 2 is 2.24 bits per heavy atom. The third-order valence-electron chi connectivity index (χ3n) is 2.61. The molecule has 1 amide bonds. The van der Waals surface area contributed by atoms with E-state index in [-0.39, 0.29) is 17.7 Å². The van der Waals surface area contributed by atoms with E-state index in [1.807, 2.05) is 13.8 Å². The average Bonchev–Trinajstić information content (AvgIpc) is 2.64. The van der Waals surface area contributed by atoms with Crippen molar-refractivity contribution in [2.24, 2.45) is 17.6 Å². The van der Waals surface area contributed by atoms with Crippen molar-refractivity contribution in [1.82, 2.24) is 15.5 Å². The highest BCUT2D eigenvalue weighted by Crippen LogP contribution is 2.08. The number of carbonyl (C=O) groups excluding carboxylic acids is 1. The summed E-state index contributed by atoms with van der Waals surface area (Å²) in [4.78, 5) is 15.8. The van der Waals surface area contributed by atoms with Crippen LogP contribution in [-0.2, 0) is 11.2 Å². The van der Waals surface area contributed by atoms with Crippen LogP contribution in [0.3, 0.4) is 0 Å². The molecule has 0 saturated heterocycles. The minimum Gasteiger partial charge on any atom is -0.355 e. The first kappa shape index (κ1) is 13.6. The normalized spacial score (nSPS) is 12.8. The van der Waals surface area contributed by atoms with Gasteiger partial charge in [0, 0.05) is 26.4 Å². The van der Waals surface area contributed by atoms with Crippen LogP contribution in [0.5, 0.6) is 0 Å². The van der Waals surface area contributed by atoms with Crippen molar-refractivity contribution in [3.8, 4) is 0 Å². The molecule has 6 heteroatoms. The van der Waals surface area contributed by atoms with Crippen LogP contribution in [0, 0.1) is 18.8 Å². The SMILES string of the molecule is Cc1nc(CCNC(=O)C(CN)C(C)C)no1. The molecule has 0 bridgehead atoms. The Morgan fingerprint density at radius 1 is 1.53 bits per heavy atom. The van der Waals surface area contributed by atoms with Gasteiger partial charge in [0.05, 0.1) is 5.92 Å². The van der Waals surface area contributed by atoms with Gasteiger partial charge in [-0.05, 0) is 5.92 Å². The summed E-state index contributed by atoms with van der Waals surface area (Å²) in [5.41, 5.74) is 5.56. The highest BCUT2D eigenvalue weighted by atomic mass is 16.5. The lowest BCUT2D eigenvalue weighted by molar-refractivity contribution is -0.125. The van der Waals surface area contributed by atoms with E-state index in [9.17, 15) is 4.79 Å². The Kier molecular flexibility index (Phi) is 5.09. The molecule has 1 atom stereocenters. The van der Waals surface area contributed by atoms with E-state index >= 15 is 0 Å². The summed E-state index contributed by atoms with van der Waals surface area (Å²) in [5, 5.41) is 6.58. The molecule has 6 nitrogen and oxygen atoms in total. The summed E-state index contributed by atoms with van der Waals surface area (Å²) in [5.74, 6) is 1.24. The Labute approximate surface area is 101 Å². The third kappa shape index (κ3) is 4.14. The maximum Gasteiger partial charge on any atom is 0.224 e. The van der Waals surface area contributed by atoms with Crippen LogP contribution in [-0.4, -0.2) is 29.1 Å². The molecule has 1 aromatic heterocycles. The van der Waals surface area contributed by atoms with E-state index in [1.54, 1.807) is 6.92 Å². The lowest BCUT2D eigenvalue weighted by Gasteiger charge is -2.17. The number of hydrogen-bond acceptors (Lipinski definition) is 5. The molecule has 3 N–H and O–H groups in total. The number of nitrogens with one attached hydrogen (secondary N) is 1. The second-order valence-electron chi connectivity index (χ2n) is 4.36. The number of hydrogen-bond donors (Lipinski definition) is 2. The van der Waals surface area contributed by atoms with Crippen LogP contribution in [0.1, 0.15) is 25.6 Å². The zero-order valence-corrected chi connectivity index (χ0v) is 10.6. The molecular formula is C11H20N4O2. The van der Waals surface area contributed by atoms with E-state index in [2.05, 4.69) is 15.5 Å². The van der Waals surface area contributed by atoms with Crippen molar-refractivity contribution in [2.45, 2.75) is 27.2 Å². The molecule has 0 aliphatic carbocycles. The summed E-state index contributed by atoms with van der Waals surface area (Å²) >= 11 is 0. The molecule has 17 heavy (non-hydrogen) atoms. The molecule has 0 saturated carbocycles. The second-order valence-corrected chi connectivity index (χ2v) is 4.36. The fourth-order valence-corrected chi connectivity index (χ4v) is 1.55. The quantitative estimate of drug-likeness (QED) is 0.744. The average molecular weight is 240 g/mol. The molecule has 0 aliphatic rings. The van der Waals surface area contributed by atoms with Gasteiger partial charge in [-0.3, -0.25) is 4.79 Å². The minimum absolute atomic E-state index is 0.0114. The highest BCUT2D eigenvalue weighted by molar-refractivity contribution is 5.79. The largest absolute Gasteiger partial charge is 0.355 e. The van der Waals surface area contributed by atoms with Gasteiger partial charge in [0.25, 0.3) is 0 Å². The fourth-order valence-electron chi connectivity index (χ4n) is 1.55. The summed E-state index contributed by atoms with van der Waals surface area (Å²) in [6, 6.07) is 0. The van der Waals surface area contributed by atoms with Gasteiger partial charge in [-0.15, -0.1) is 0 Å². The number of carbonyl (C=O) groups is 1. The van der Waals surface area contributed by atoms with Crippen molar-refractivity contribution in [2.75, 3.05) is 13.1 Å². The number of nitrogens with zero attached hydrogens (tertiary/aromatic N) is 2. The number of aryl methyl sites for hydroxylation is 1. The Hall–Kier alpha value is -1.43. The van der Waals surface area contributed by atoms with E-state index in [0.717, 1.165) is 0 Å². The summed E-state index contributed by atoms with van der Waals surface area (Å²) in [7, 11) is 0. The molecule has 0 fully saturated rings. The maximum atomic E-state index is 11.8. The zero-order valence-electron chi connectivity index (χ0n) is 10.6. The fraction of sp³-hybridized carbons (Fsp3) is 0.727. The van der Waals surface area contributed by atoms with Crippen molar-refractivity contribution in [1.29, 1.82) is 0 Å². The van der Waals surface area contributed by atoms with Crippen LogP contribution in [0.15, 0.2) is 4.52 Å². The van der Waals surface area contributed by atoms with E-state index in [4.69, 9.17) is 10.3 Å². The van der Waals surface area contributed by atoms with Crippen LogP contribution in [0.2, 0.25) is 0 Å². The summed E-state index contributed by atoms with van der Waals surface area (Å²) in [6.07, 6.45) is 0.568. The van der Waals surface area contributed by atoms with E-state index < -0.39 is 0 Å². The first-order chi connectivity index (χ1) is 8.04. The predicted octanol–water partition coefficient (Wildman–Crippen LogP) is 0.268. The van der Waals surface area contributed by atoms with Crippen LogP contribution < -0.4 is 11.1 Å². The standard InChI is InChI=1S/C11H20N4O2/c1-7(2)9(6-12)11(16)13-5-4-10-14-8(3)17-15-10/h7,9H,4-6,12H2,1-3H3,(H,13,16). The number of aromatic nitrogens is 2. The van der Waals surface area contributed by atoms with Gasteiger partial charge in [0.15, 0.2) is 5.82 Å². The Morgan fingerprint density at radius 3 is 2.71 bits per heavy atom. The van der Waals surface area contributed by atoms with Gasteiger partial charge in [-0.25, -0.2) is 0 Å². The Balaban J connectivity index is 2.33. The van der Waals surface area contributed by atoms with E-state index in [0.29, 0.717) is 31.2 Å². The van der Waals surface area contributed by atoms with Gasteiger partial charge in [0.1, 0.15) is 0 Å². The zero-order chi connectivity index (χ0) is 12.8. The summed E-state index contributed by atoms with van der Waals surface area (Å²) < 4.78 is 4.84. The van der Waals surface area contributed by atoms with Crippen LogP contribution in [0.25, 0.3) is 0 Å². The van der Waals surface area contributed by atoms with Crippen molar-refractivity contribution >= 4 is 5.91 Å². The lowest BCUT2D eigenvalue weighted by atomic mass is 9.95. The van der Waals surface area contributed by atoms with Crippen LogP contribution in [0.4, 0.5) is 0 Å². The molecule has 0 spiro atoms. The van der Waals surface area contributed by atoms with Crippen molar-refractivity contribution < 1.29 is 9.32 Å². The molecular weight excluding hydrogens is 220 g/mol. The van der Waals surface area contributed by atoms with Crippen molar-refractivity contribution in [3.05, 3.63) is 11.7 Å².